The number of carbonyl (C=O) groups excluding carboxylic acids is 1. The van der Waals surface area contributed by atoms with Crippen LogP contribution in [0.3, 0.4) is 0 Å². The van der Waals surface area contributed by atoms with E-state index in [1.54, 1.807) is 0 Å². The molecule has 0 aliphatic heterocycles. The molecule has 0 saturated heterocycles. The van der Waals surface area contributed by atoms with E-state index in [0.717, 1.165) is 11.3 Å². The third kappa shape index (κ3) is 3.11. The summed E-state index contributed by atoms with van der Waals surface area (Å²) in [5.41, 5.74) is 1.95. The first-order valence-corrected chi connectivity index (χ1v) is 6.75. The summed E-state index contributed by atoms with van der Waals surface area (Å²) in [6, 6.07) is 12.0. The first-order valence-electron chi connectivity index (χ1n) is 6.38. The topological polar surface area (TPSA) is 49.3 Å². The van der Waals surface area contributed by atoms with Gasteiger partial charge in [-0.1, -0.05) is 43.6 Å². The molecule has 0 aliphatic rings. The average Bonchev–Trinajstić information content (AvgIpc) is 2.41. The highest BCUT2D eigenvalue weighted by Gasteiger charge is 2.14. The molecule has 0 spiro atoms. The van der Waals surface area contributed by atoms with Gasteiger partial charge in [0.25, 0.3) is 5.91 Å². The molecule has 0 heterocycles. The minimum atomic E-state index is -0.377. The minimum Gasteiger partial charge on any atom is -0.507 e. The van der Waals surface area contributed by atoms with Gasteiger partial charge in [-0.2, -0.15) is 0 Å². The van der Waals surface area contributed by atoms with Crippen molar-refractivity contribution < 1.29 is 9.90 Å². The van der Waals surface area contributed by atoms with E-state index in [0.29, 0.717) is 10.9 Å². The highest BCUT2D eigenvalue weighted by Crippen LogP contribution is 2.26. The number of halogens is 1. The first kappa shape index (κ1) is 14.4. The van der Waals surface area contributed by atoms with Crippen molar-refractivity contribution in [2.45, 2.75) is 19.8 Å². The molecule has 0 fully saturated rings. The summed E-state index contributed by atoms with van der Waals surface area (Å²) in [4.78, 5) is 12.2. The van der Waals surface area contributed by atoms with Gasteiger partial charge in [0.15, 0.2) is 0 Å². The molecular weight excluding hydrogens is 274 g/mol. The van der Waals surface area contributed by atoms with E-state index in [1.165, 1.54) is 18.2 Å². The fourth-order valence-electron chi connectivity index (χ4n) is 1.99. The lowest BCUT2D eigenvalue weighted by Crippen LogP contribution is -2.13. The Morgan fingerprint density at radius 3 is 2.60 bits per heavy atom. The van der Waals surface area contributed by atoms with E-state index in [2.05, 4.69) is 19.2 Å². The molecule has 0 saturated carbocycles. The van der Waals surface area contributed by atoms with Gasteiger partial charge in [-0.15, -0.1) is 0 Å². The van der Waals surface area contributed by atoms with Crippen LogP contribution in [0.25, 0.3) is 0 Å². The van der Waals surface area contributed by atoms with Gasteiger partial charge in [-0.05, 0) is 35.7 Å². The lowest BCUT2D eigenvalue weighted by molar-refractivity contribution is 0.102. The molecule has 20 heavy (non-hydrogen) atoms. The maximum atomic E-state index is 12.2. The summed E-state index contributed by atoms with van der Waals surface area (Å²) in [5.74, 6) is -0.175. The summed E-state index contributed by atoms with van der Waals surface area (Å²) in [6.45, 7) is 4.11. The van der Waals surface area contributed by atoms with Crippen molar-refractivity contribution in [2.75, 3.05) is 5.32 Å². The van der Waals surface area contributed by atoms with E-state index < -0.39 is 0 Å². The van der Waals surface area contributed by atoms with Gasteiger partial charge in [0.1, 0.15) is 5.75 Å². The number of hydrogen-bond acceptors (Lipinski definition) is 2. The SMILES string of the molecule is CC(C)c1ccccc1NC(=O)c1cc(Cl)ccc1O. The number of aromatic hydroxyl groups is 1. The Kier molecular flexibility index (Phi) is 4.30. The minimum absolute atomic E-state index is 0.0890. The molecule has 0 aromatic heterocycles. The second-order valence-corrected chi connectivity index (χ2v) is 5.29. The third-order valence-corrected chi connectivity index (χ3v) is 3.27. The van der Waals surface area contributed by atoms with Crippen LogP contribution in [0.1, 0.15) is 35.7 Å². The molecule has 3 nitrogen and oxygen atoms in total. The summed E-state index contributed by atoms with van der Waals surface area (Å²) >= 11 is 5.85. The van der Waals surface area contributed by atoms with Crippen LogP contribution >= 0.6 is 11.6 Å². The number of amides is 1. The molecule has 4 heteroatoms. The molecular formula is C16H16ClNO2. The van der Waals surface area contributed by atoms with E-state index in [-0.39, 0.29) is 17.2 Å². The van der Waals surface area contributed by atoms with Gasteiger partial charge in [0.2, 0.25) is 0 Å². The third-order valence-electron chi connectivity index (χ3n) is 3.03. The van der Waals surface area contributed by atoms with Crippen LogP contribution in [-0.2, 0) is 0 Å². The molecule has 2 aromatic carbocycles. The predicted octanol–water partition coefficient (Wildman–Crippen LogP) is 4.42. The van der Waals surface area contributed by atoms with Gasteiger partial charge in [-0.25, -0.2) is 0 Å². The number of hydrogen-bond donors (Lipinski definition) is 2. The number of rotatable bonds is 3. The molecule has 2 N–H and O–H groups in total. The Hall–Kier alpha value is -2.00. The Labute approximate surface area is 123 Å². The largest absolute Gasteiger partial charge is 0.507 e. The number of nitrogens with one attached hydrogen (secondary N) is 1. The van der Waals surface area contributed by atoms with Crippen LogP contribution in [0.5, 0.6) is 5.75 Å². The molecule has 0 aliphatic carbocycles. The number of phenols is 1. The zero-order valence-electron chi connectivity index (χ0n) is 11.4. The zero-order chi connectivity index (χ0) is 14.7. The molecule has 2 rings (SSSR count). The highest BCUT2D eigenvalue weighted by molar-refractivity contribution is 6.31. The van der Waals surface area contributed by atoms with Crippen LogP contribution in [0.4, 0.5) is 5.69 Å². The molecule has 0 bridgehead atoms. The lowest BCUT2D eigenvalue weighted by Gasteiger charge is -2.14. The molecule has 104 valence electrons. The fourth-order valence-corrected chi connectivity index (χ4v) is 2.17. The van der Waals surface area contributed by atoms with Crippen LogP contribution < -0.4 is 5.32 Å². The van der Waals surface area contributed by atoms with Crippen molar-refractivity contribution in [3.8, 4) is 5.75 Å². The van der Waals surface area contributed by atoms with Gasteiger partial charge < -0.3 is 10.4 Å². The van der Waals surface area contributed by atoms with Crippen molar-refractivity contribution in [2.24, 2.45) is 0 Å². The van der Waals surface area contributed by atoms with Crippen LogP contribution in [0.15, 0.2) is 42.5 Å². The Bertz CT molecular complexity index is 638. The lowest BCUT2D eigenvalue weighted by atomic mass is 10.0. The van der Waals surface area contributed by atoms with E-state index >= 15 is 0 Å². The Morgan fingerprint density at radius 2 is 1.90 bits per heavy atom. The molecule has 0 unspecified atom stereocenters. The van der Waals surface area contributed by atoms with Gasteiger partial charge >= 0.3 is 0 Å². The maximum absolute atomic E-state index is 12.2. The average molecular weight is 290 g/mol. The van der Waals surface area contributed by atoms with Crippen molar-refractivity contribution in [3.05, 3.63) is 58.6 Å². The van der Waals surface area contributed by atoms with E-state index in [1.807, 2.05) is 24.3 Å². The predicted molar refractivity (Wildman–Crippen MR) is 81.6 cm³/mol. The van der Waals surface area contributed by atoms with Crippen molar-refractivity contribution in [3.63, 3.8) is 0 Å². The second-order valence-electron chi connectivity index (χ2n) is 4.86. The molecule has 0 atom stereocenters. The van der Waals surface area contributed by atoms with Gasteiger partial charge in [0.05, 0.1) is 5.56 Å². The van der Waals surface area contributed by atoms with Crippen molar-refractivity contribution in [1.82, 2.24) is 0 Å². The summed E-state index contributed by atoms with van der Waals surface area (Å²) < 4.78 is 0. The molecule has 0 radical (unpaired) electrons. The van der Waals surface area contributed by atoms with Gasteiger partial charge in [-0.3, -0.25) is 4.79 Å². The van der Waals surface area contributed by atoms with Crippen molar-refractivity contribution in [1.29, 1.82) is 0 Å². The Morgan fingerprint density at radius 1 is 1.20 bits per heavy atom. The number of carbonyl (C=O) groups is 1. The summed E-state index contributed by atoms with van der Waals surface area (Å²) in [5, 5.41) is 13.0. The van der Waals surface area contributed by atoms with Crippen LogP contribution in [0, 0.1) is 0 Å². The summed E-state index contributed by atoms with van der Waals surface area (Å²) in [7, 11) is 0. The number of phenolic OH excluding ortho intramolecular Hbond substituents is 1. The normalized spacial score (nSPS) is 10.6. The summed E-state index contributed by atoms with van der Waals surface area (Å²) in [6.07, 6.45) is 0. The smallest absolute Gasteiger partial charge is 0.259 e. The zero-order valence-corrected chi connectivity index (χ0v) is 12.1. The Balaban J connectivity index is 2.31. The van der Waals surface area contributed by atoms with Gasteiger partial charge in [0, 0.05) is 10.7 Å². The quantitative estimate of drug-likeness (QED) is 0.878. The second kappa shape index (κ2) is 5.97. The number of benzene rings is 2. The molecule has 1 amide bonds. The standard InChI is InChI=1S/C16H16ClNO2/c1-10(2)12-5-3-4-6-14(12)18-16(20)13-9-11(17)7-8-15(13)19/h3-10,19H,1-2H3,(H,18,20). The first-order chi connectivity index (χ1) is 9.49. The fraction of sp³-hybridized carbons (Fsp3) is 0.188. The van der Waals surface area contributed by atoms with E-state index in [4.69, 9.17) is 11.6 Å². The number of anilines is 1. The maximum Gasteiger partial charge on any atom is 0.259 e. The van der Waals surface area contributed by atoms with E-state index in [9.17, 15) is 9.90 Å². The van der Waals surface area contributed by atoms with Crippen LogP contribution in [0.2, 0.25) is 5.02 Å². The highest BCUT2D eigenvalue weighted by atomic mass is 35.5. The number of para-hydroxylation sites is 1. The monoisotopic (exact) mass is 289 g/mol. The molecule has 2 aromatic rings. The van der Waals surface area contributed by atoms with Crippen molar-refractivity contribution >= 4 is 23.2 Å². The van der Waals surface area contributed by atoms with Crippen LogP contribution in [-0.4, -0.2) is 11.0 Å².